The van der Waals surface area contributed by atoms with Crippen molar-refractivity contribution < 1.29 is 9.15 Å². The summed E-state index contributed by atoms with van der Waals surface area (Å²) in [6, 6.07) is 21.8. The van der Waals surface area contributed by atoms with Gasteiger partial charge in [0, 0.05) is 6.61 Å². The van der Waals surface area contributed by atoms with Crippen LogP contribution in [0.3, 0.4) is 0 Å². The number of hydrogen-bond acceptors (Lipinski definition) is 3. The molecule has 5 rings (SSSR count). The molecular weight excluding hydrogens is 326 g/mol. The zero-order valence-electron chi connectivity index (χ0n) is 14.3. The van der Waals surface area contributed by atoms with Gasteiger partial charge in [-0.3, -0.25) is 0 Å². The van der Waals surface area contributed by atoms with E-state index in [2.05, 4.69) is 12.1 Å². The molecule has 0 saturated heterocycles. The van der Waals surface area contributed by atoms with Gasteiger partial charge < -0.3 is 9.15 Å². The van der Waals surface area contributed by atoms with Crippen LogP contribution in [0.15, 0.2) is 75.9 Å². The third kappa shape index (κ3) is 2.09. The van der Waals surface area contributed by atoms with Crippen LogP contribution in [-0.2, 0) is 4.74 Å². The molecule has 1 heterocycles. The smallest absolute Gasteiger partial charge is 0.407 e. The SMILES string of the molecule is CCOC1c2ccccc2-c2cc3c(cc21)oc(=O)n3-c1ccccc1. The van der Waals surface area contributed by atoms with Crippen LogP contribution in [0.1, 0.15) is 24.2 Å². The van der Waals surface area contributed by atoms with Crippen LogP contribution in [0, 0.1) is 0 Å². The largest absolute Gasteiger partial charge is 0.424 e. The topological polar surface area (TPSA) is 44.4 Å². The lowest BCUT2D eigenvalue weighted by molar-refractivity contribution is 0.0944. The highest BCUT2D eigenvalue weighted by molar-refractivity contribution is 5.88. The standard InChI is InChI=1S/C22H17NO3/c1-2-25-21-16-11-7-6-10-15(16)17-12-19-20(13-18(17)21)26-22(24)23(19)14-8-4-3-5-9-14/h3-13,21H,2H2,1H3. The van der Waals surface area contributed by atoms with E-state index < -0.39 is 0 Å². The van der Waals surface area contributed by atoms with Gasteiger partial charge in [0.2, 0.25) is 0 Å². The van der Waals surface area contributed by atoms with Gasteiger partial charge in [-0.1, -0.05) is 42.5 Å². The highest BCUT2D eigenvalue weighted by atomic mass is 16.5. The Morgan fingerprint density at radius 2 is 1.73 bits per heavy atom. The Morgan fingerprint density at radius 3 is 2.54 bits per heavy atom. The lowest BCUT2D eigenvalue weighted by Crippen LogP contribution is -2.11. The first-order valence-electron chi connectivity index (χ1n) is 8.73. The molecule has 1 aliphatic rings. The van der Waals surface area contributed by atoms with E-state index >= 15 is 0 Å². The molecule has 1 atom stereocenters. The van der Waals surface area contributed by atoms with Crippen LogP contribution in [0.2, 0.25) is 0 Å². The zero-order chi connectivity index (χ0) is 17.7. The average molecular weight is 343 g/mol. The van der Waals surface area contributed by atoms with Crippen molar-refractivity contribution in [2.45, 2.75) is 13.0 Å². The molecule has 4 nitrogen and oxygen atoms in total. The minimum atomic E-state index is -0.379. The second-order valence-corrected chi connectivity index (χ2v) is 6.37. The Hall–Kier alpha value is -3.11. The fourth-order valence-electron chi connectivity index (χ4n) is 3.84. The maximum absolute atomic E-state index is 12.5. The van der Waals surface area contributed by atoms with Crippen molar-refractivity contribution in [1.29, 1.82) is 0 Å². The van der Waals surface area contributed by atoms with Crippen molar-refractivity contribution in [3.05, 3.63) is 88.4 Å². The Labute approximate surface area is 150 Å². The van der Waals surface area contributed by atoms with E-state index in [0.717, 1.165) is 33.5 Å². The number of hydrogen-bond donors (Lipinski definition) is 0. The van der Waals surface area contributed by atoms with E-state index in [-0.39, 0.29) is 11.9 Å². The molecule has 1 unspecified atom stereocenters. The quantitative estimate of drug-likeness (QED) is 0.542. The van der Waals surface area contributed by atoms with Crippen molar-refractivity contribution in [1.82, 2.24) is 4.57 Å². The van der Waals surface area contributed by atoms with Crippen molar-refractivity contribution in [3.8, 4) is 16.8 Å². The van der Waals surface area contributed by atoms with Crippen LogP contribution in [0.25, 0.3) is 27.9 Å². The lowest BCUT2D eigenvalue weighted by Gasteiger charge is -2.13. The first-order chi connectivity index (χ1) is 12.8. The van der Waals surface area contributed by atoms with E-state index in [0.29, 0.717) is 12.2 Å². The van der Waals surface area contributed by atoms with Crippen LogP contribution < -0.4 is 5.76 Å². The molecule has 1 aromatic heterocycles. The molecule has 3 aromatic carbocycles. The Morgan fingerprint density at radius 1 is 0.962 bits per heavy atom. The molecule has 26 heavy (non-hydrogen) atoms. The number of aromatic nitrogens is 1. The molecule has 128 valence electrons. The van der Waals surface area contributed by atoms with E-state index in [9.17, 15) is 4.79 Å². The summed E-state index contributed by atoms with van der Waals surface area (Å²) in [7, 11) is 0. The number of oxazole rings is 1. The molecular formula is C22H17NO3. The van der Waals surface area contributed by atoms with Crippen LogP contribution >= 0.6 is 0 Å². The Bertz CT molecular complexity index is 1170. The van der Waals surface area contributed by atoms with E-state index in [1.807, 2.05) is 61.5 Å². The summed E-state index contributed by atoms with van der Waals surface area (Å²) in [6.07, 6.45) is -0.124. The molecule has 4 aromatic rings. The van der Waals surface area contributed by atoms with Gasteiger partial charge in [0.15, 0.2) is 5.58 Å². The first kappa shape index (κ1) is 15.2. The number of fused-ring (bicyclic) bond motifs is 4. The molecule has 0 saturated carbocycles. The van der Waals surface area contributed by atoms with Crippen LogP contribution in [-0.4, -0.2) is 11.2 Å². The molecule has 0 bridgehead atoms. The maximum atomic E-state index is 12.5. The molecule has 0 N–H and O–H groups in total. The first-order valence-corrected chi connectivity index (χ1v) is 8.73. The molecule has 0 radical (unpaired) electrons. The minimum Gasteiger partial charge on any atom is -0.407 e. The summed E-state index contributed by atoms with van der Waals surface area (Å²) < 4.78 is 13.2. The zero-order valence-corrected chi connectivity index (χ0v) is 14.3. The van der Waals surface area contributed by atoms with Crippen molar-refractivity contribution in [3.63, 3.8) is 0 Å². The number of ether oxygens (including phenoxy) is 1. The second kappa shape index (κ2) is 5.71. The number of rotatable bonds is 3. The summed E-state index contributed by atoms with van der Waals surface area (Å²) >= 11 is 0. The fraction of sp³-hybridized carbons (Fsp3) is 0.136. The second-order valence-electron chi connectivity index (χ2n) is 6.37. The number of benzene rings is 3. The highest BCUT2D eigenvalue weighted by Gasteiger charge is 2.30. The minimum absolute atomic E-state index is 0.124. The lowest BCUT2D eigenvalue weighted by atomic mass is 10.1. The molecule has 0 amide bonds. The maximum Gasteiger partial charge on any atom is 0.424 e. The van der Waals surface area contributed by atoms with Crippen molar-refractivity contribution >= 4 is 11.1 Å². The number of nitrogens with zero attached hydrogens (tertiary/aromatic N) is 1. The average Bonchev–Trinajstić information content (AvgIpc) is 3.15. The van der Waals surface area contributed by atoms with Crippen molar-refractivity contribution in [2.75, 3.05) is 6.61 Å². The Balaban J connectivity index is 1.81. The van der Waals surface area contributed by atoms with E-state index in [1.54, 1.807) is 4.57 Å². The summed E-state index contributed by atoms with van der Waals surface area (Å²) in [5.41, 5.74) is 6.60. The summed E-state index contributed by atoms with van der Waals surface area (Å²) in [5.74, 6) is -0.379. The summed E-state index contributed by atoms with van der Waals surface area (Å²) in [4.78, 5) is 12.5. The van der Waals surface area contributed by atoms with Gasteiger partial charge in [0.25, 0.3) is 0 Å². The predicted molar refractivity (Wildman–Crippen MR) is 101 cm³/mol. The monoisotopic (exact) mass is 343 g/mol. The molecule has 0 fully saturated rings. The van der Waals surface area contributed by atoms with Gasteiger partial charge in [-0.25, -0.2) is 9.36 Å². The number of para-hydroxylation sites is 1. The molecule has 0 aliphatic heterocycles. The van der Waals surface area contributed by atoms with Crippen LogP contribution in [0.4, 0.5) is 0 Å². The van der Waals surface area contributed by atoms with Gasteiger partial charge in [-0.2, -0.15) is 0 Å². The normalized spacial score (nSPS) is 15.2. The van der Waals surface area contributed by atoms with Gasteiger partial charge in [-0.05, 0) is 53.4 Å². The molecule has 4 heteroatoms. The third-order valence-corrected chi connectivity index (χ3v) is 4.92. The van der Waals surface area contributed by atoms with Gasteiger partial charge in [0.05, 0.1) is 11.2 Å². The summed E-state index contributed by atoms with van der Waals surface area (Å²) in [6.45, 7) is 2.61. The fourth-order valence-corrected chi connectivity index (χ4v) is 3.84. The van der Waals surface area contributed by atoms with Gasteiger partial charge in [0.1, 0.15) is 6.10 Å². The molecule has 0 spiro atoms. The van der Waals surface area contributed by atoms with Gasteiger partial charge >= 0.3 is 5.76 Å². The van der Waals surface area contributed by atoms with Crippen LogP contribution in [0.5, 0.6) is 0 Å². The van der Waals surface area contributed by atoms with E-state index in [4.69, 9.17) is 9.15 Å². The van der Waals surface area contributed by atoms with Gasteiger partial charge in [-0.15, -0.1) is 0 Å². The highest BCUT2D eigenvalue weighted by Crippen LogP contribution is 2.46. The summed E-state index contributed by atoms with van der Waals surface area (Å²) in [5, 5.41) is 0. The van der Waals surface area contributed by atoms with Crippen molar-refractivity contribution in [2.24, 2.45) is 0 Å². The van der Waals surface area contributed by atoms with E-state index in [1.165, 1.54) is 0 Å². The molecule has 1 aliphatic carbocycles. The Kier molecular flexibility index (Phi) is 3.33. The predicted octanol–water partition coefficient (Wildman–Crippen LogP) is 4.69. The third-order valence-electron chi connectivity index (χ3n) is 4.92.